The molecule has 0 bridgehead atoms. The number of hydrogen-bond acceptors (Lipinski definition) is 7. The molecule has 0 saturated carbocycles. The molecular formula is C24H34N4O6. The van der Waals surface area contributed by atoms with Crippen LogP contribution in [0.15, 0.2) is 24.3 Å². The molecule has 10 nitrogen and oxygen atoms in total. The van der Waals surface area contributed by atoms with Crippen LogP contribution in [0.2, 0.25) is 0 Å². The van der Waals surface area contributed by atoms with Gasteiger partial charge in [-0.2, -0.15) is 0 Å². The fourth-order valence-corrected chi connectivity index (χ4v) is 4.11. The fourth-order valence-electron chi connectivity index (χ4n) is 4.11. The third-order valence-corrected chi connectivity index (χ3v) is 6.06. The molecule has 186 valence electrons. The first-order valence-corrected chi connectivity index (χ1v) is 11.7. The number of amides is 2. The summed E-state index contributed by atoms with van der Waals surface area (Å²) in [6.45, 7) is 2.41. The largest absolute Gasteiger partial charge is 0.496 e. The Labute approximate surface area is 198 Å². The van der Waals surface area contributed by atoms with Crippen LogP contribution >= 0.6 is 0 Å². The molecule has 2 unspecified atom stereocenters. The van der Waals surface area contributed by atoms with Gasteiger partial charge in [-0.1, -0.05) is 25.8 Å². The van der Waals surface area contributed by atoms with Crippen LogP contribution < -0.4 is 20.9 Å². The van der Waals surface area contributed by atoms with Crippen LogP contribution in [0, 0.1) is 5.92 Å². The molecule has 2 amide bonds. The molecule has 5 N–H and O–H groups in total. The summed E-state index contributed by atoms with van der Waals surface area (Å²) in [7, 11) is 1.56. The molecule has 2 heterocycles. The van der Waals surface area contributed by atoms with Gasteiger partial charge in [0, 0.05) is 17.4 Å². The van der Waals surface area contributed by atoms with Crippen molar-refractivity contribution in [3.05, 3.63) is 30.0 Å². The number of carbonyl (C=O) groups is 3. The van der Waals surface area contributed by atoms with E-state index < -0.39 is 36.3 Å². The van der Waals surface area contributed by atoms with Crippen molar-refractivity contribution in [1.29, 1.82) is 0 Å². The van der Waals surface area contributed by atoms with Crippen LogP contribution in [0.5, 0.6) is 5.75 Å². The molecule has 0 aliphatic carbocycles. The van der Waals surface area contributed by atoms with E-state index >= 15 is 0 Å². The highest BCUT2D eigenvalue weighted by Gasteiger charge is 2.29. The van der Waals surface area contributed by atoms with Crippen LogP contribution in [0.25, 0.3) is 10.9 Å². The van der Waals surface area contributed by atoms with Crippen LogP contribution in [-0.2, 0) is 14.4 Å². The number of aromatic nitrogens is 1. The Morgan fingerprint density at radius 3 is 2.76 bits per heavy atom. The summed E-state index contributed by atoms with van der Waals surface area (Å²) < 4.78 is 5.35. The van der Waals surface area contributed by atoms with Gasteiger partial charge < -0.3 is 30.3 Å². The maximum atomic E-state index is 13.1. The van der Waals surface area contributed by atoms with Gasteiger partial charge in [0.15, 0.2) is 5.78 Å². The number of aromatic amines is 1. The van der Waals surface area contributed by atoms with Crippen molar-refractivity contribution in [3.8, 4) is 5.75 Å². The second kappa shape index (κ2) is 12.5. The van der Waals surface area contributed by atoms with Crippen molar-refractivity contribution in [2.45, 2.75) is 51.1 Å². The van der Waals surface area contributed by atoms with Gasteiger partial charge in [0.1, 0.15) is 24.1 Å². The number of ketones is 1. The maximum Gasteiger partial charge on any atom is 0.268 e. The Balaban J connectivity index is 1.72. The zero-order valence-corrected chi connectivity index (χ0v) is 19.7. The van der Waals surface area contributed by atoms with E-state index in [4.69, 9.17) is 9.57 Å². The molecule has 1 aliphatic heterocycles. The summed E-state index contributed by atoms with van der Waals surface area (Å²) >= 11 is 0. The summed E-state index contributed by atoms with van der Waals surface area (Å²) in [6.07, 6.45) is 3.15. The number of carbonyl (C=O) groups excluding carboxylic acids is 3. The summed E-state index contributed by atoms with van der Waals surface area (Å²) in [5.41, 5.74) is 3.84. The number of unbranched alkanes of at least 4 members (excludes halogenated alkanes) is 1. The monoisotopic (exact) mass is 474 g/mol. The van der Waals surface area contributed by atoms with Crippen molar-refractivity contribution in [1.82, 2.24) is 21.1 Å². The highest BCUT2D eigenvalue weighted by molar-refractivity contribution is 6.01. The first-order valence-electron chi connectivity index (χ1n) is 11.7. The van der Waals surface area contributed by atoms with E-state index in [1.54, 1.807) is 19.2 Å². The van der Waals surface area contributed by atoms with Crippen molar-refractivity contribution in [2.24, 2.45) is 5.92 Å². The summed E-state index contributed by atoms with van der Waals surface area (Å²) in [4.78, 5) is 46.8. The average Bonchev–Trinajstić information content (AvgIpc) is 3.31. The molecule has 3 atom stereocenters. The van der Waals surface area contributed by atoms with Gasteiger partial charge >= 0.3 is 0 Å². The molecule has 1 aromatic heterocycles. The summed E-state index contributed by atoms with van der Waals surface area (Å²) in [5.74, 6) is -0.619. The first-order chi connectivity index (χ1) is 16.5. The lowest BCUT2D eigenvalue weighted by molar-refractivity contribution is -0.131. The molecule has 0 spiro atoms. The normalized spacial score (nSPS) is 17.7. The standard InChI is InChI=1S/C24H34N4O6/c1-3-4-6-18(23(31)28-19(21(30)13-29)11-15-9-10-25-34-14-15)27-24(32)20-12-16-17(26-20)7-5-8-22(16)33-2/h5,7-8,12,15,18-19,25-26,29H,3-4,6,9-11,13-14H2,1-2H3,(H,27,32)(H,28,31)/t15?,18-,19?/m0/s1. The van der Waals surface area contributed by atoms with Crippen LogP contribution in [-0.4, -0.2) is 66.6 Å². The Morgan fingerprint density at radius 2 is 2.09 bits per heavy atom. The number of rotatable bonds is 12. The number of fused-ring (bicyclic) bond motifs is 1. The number of ether oxygens (including phenoxy) is 1. The number of aliphatic hydroxyl groups excluding tert-OH is 1. The molecule has 1 saturated heterocycles. The van der Waals surface area contributed by atoms with Gasteiger partial charge in [-0.25, -0.2) is 5.48 Å². The lowest BCUT2D eigenvalue weighted by Crippen LogP contribution is -2.53. The van der Waals surface area contributed by atoms with Gasteiger partial charge in [0.05, 0.1) is 19.8 Å². The zero-order chi connectivity index (χ0) is 24.5. The van der Waals surface area contributed by atoms with Crippen molar-refractivity contribution in [2.75, 3.05) is 26.9 Å². The summed E-state index contributed by atoms with van der Waals surface area (Å²) in [5, 5.41) is 15.7. The number of H-pyrrole nitrogens is 1. The van der Waals surface area contributed by atoms with E-state index in [0.29, 0.717) is 37.4 Å². The number of benzene rings is 1. The predicted octanol–water partition coefficient (Wildman–Crippen LogP) is 1.44. The minimum absolute atomic E-state index is 0.0760. The topological polar surface area (TPSA) is 142 Å². The smallest absolute Gasteiger partial charge is 0.268 e. The van der Waals surface area contributed by atoms with E-state index in [1.807, 2.05) is 19.1 Å². The lowest BCUT2D eigenvalue weighted by Gasteiger charge is -2.27. The number of nitrogens with one attached hydrogen (secondary N) is 4. The van der Waals surface area contributed by atoms with E-state index in [-0.39, 0.29) is 5.92 Å². The van der Waals surface area contributed by atoms with Crippen LogP contribution in [0.3, 0.4) is 0 Å². The molecule has 10 heteroatoms. The second-order valence-electron chi connectivity index (χ2n) is 8.55. The highest BCUT2D eigenvalue weighted by Crippen LogP contribution is 2.26. The number of aliphatic hydroxyl groups is 1. The molecule has 34 heavy (non-hydrogen) atoms. The maximum absolute atomic E-state index is 13.1. The molecule has 0 radical (unpaired) electrons. The van der Waals surface area contributed by atoms with Gasteiger partial charge in [0.25, 0.3) is 5.91 Å². The number of methoxy groups -OCH3 is 1. The van der Waals surface area contributed by atoms with Gasteiger partial charge in [-0.3, -0.25) is 14.4 Å². The van der Waals surface area contributed by atoms with Gasteiger partial charge in [0.2, 0.25) is 5.91 Å². The van der Waals surface area contributed by atoms with E-state index in [1.165, 1.54) is 0 Å². The Hall–Kier alpha value is -2.95. The molecule has 1 aromatic carbocycles. The van der Waals surface area contributed by atoms with Crippen molar-refractivity contribution >= 4 is 28.5 Å². The molecule has 1 aliphatic rings. The van der Waals surface area contributed by atoms with Gasteiger partial charge in [-0.05, 0) is 43.4 Å². The highest BCUT2D eigenvalue weighted by atomic mass is 16.6. The Kier molecular flexibility index (Phi) is 9.43. The predicted molar refractivity (Wildman–Crippen MR) is 126 cm³/mol. The van der Waals surface area contributed by atoms with Crippen molar-refractivity contribution < 1.29 is 29.1 Å². The third-order valence-electron chi connectivity index (χ3n) is 6.06. The van der Waals surface area contributed by atoms with Gasteiger partial charge in [-0.15, -0.1) is 0 Å². The first kappa shape index (κ1) is 25.7. The van der Waals surface area contributed by atoms with Crippen molar-refractivity contribution in [3.63, 3.8) is 0 Å². The molecule has 3 rings (SSSR count). The fraction of sp³-hybridized carbons (Fsp3) is 0.542. The van der Waals surface area contributed by atoms with Crippen LogP contribution in [0.4, 0.5) is 0 Å². The lowest BCUT2D eigenvalue weighted by atomic mass is 9.94. The number of hydroxylamine groups is 1. The van der Waals surface area contributed by atoms with E-state index in [0.717, 1.165) is 30.2 Å². The third kappa shape index (κ3) is 6.55. The second-order valence-corrected chi connectivity index (χ2v) is 8.55. The Morgan fingerprint density at radius 1 is 1.26 bits per heavy atom. The molecule has 1 fully saturated rings. The quantitative estimate of drug-likeness (QED) is 0.313. The van der Waals surface area contributed by atoms with E-state index in [2.05, 4.69) is 21.1 Å². The molecule has 2 aromatic rings. The minimum atomic E-state index is -0.845. The zero-order valence-electron chi connectivity index (χ0n) is 19.7. The molecular weight excluding hydrogens is 440 g/mol. The average molecular weight is 475 g/mol. The summed E-state index contributed by atoms with van der Waals surface area (Å²) in [6, 6.07) is 5.49. The number of hydrogen-bond donors (Lipinski definition) is 5. The van der Waals surface area contributed by atoms with E-state index in [9.17, 15) is 19.5 Å². The minimum Gasteiger partial charge on any atom is -0.496 e. The number of Topliss-reactive ketones (excluding diaryl/α,β-unsaturated/α-hetero) is 1. The Bertz CT molecular complexity index is 985. The SMILES string of the molecule is CCCC[C@H](NC(=O)c1cc2c(OC)cccc2[nH]1)C(=O)NC(CC1CCNOC1)C(=O)CO. The van der Waals surface area contributed by atoms with Crippen LogP contribution in [0.1, 0.15) is 49.5 Å².